The molecule has 4 nitrogen and oxygen atoms in total. The highest BCUT2D eigenvalue weighted by molar-refractivity contribution is 5.96. The average Bonchev–Trinajstić information content (AvgIpc) is 2.86. The van der Waals surface area contributed by atoms with E-state index in [1.807, 2.05) is 25.1 Å². The summed E-state index contributed by atoms with van der Waals surface area (Å²) < 4.78 is 5.31. The second kappa shape index (κ2) is 5.75. The molecule has 1 amide bonds. The predicted molar refractivity (Wildman–Crippen MR) is 72.8 cm³/mol. The maximum Gasteiger partial charge on any atom is 0.230 e. The van der Waals surface area contributed by atoms with Gasteiger partial charge >= 0.3 is 0 Å². The number of carbonyl (C=O) groups is 1. The van der Waals surface area contributed by atoms with Crippen molar-refractivity contribution in [3.63, 3.8) is 0 Å². The lowest BCUT2D eigenvalue weighted by Crippen LogP contribution is -2.30. The molecule has 0 aliphatic heterocycles. The number of amides is 1. The van der Waals surface area contributed by atoms with Gasteiger partial charge in [0.1, 0.15) is 11.8 Å². The van der Waals surface area contributed by atoms with Crippen LogP contribution in [0.5, 0.6) is 5.75 Å². The van der Waals surface area contributed by atoms with Crippen molar-refractivity contribution in [2.24, 2.45) is 5.41 Å². The minimum absolute atomic E-state index is 0.0237. The van der Waals surface area contributed by atoms with Crippen LogP contribution in [0.2, 0.25) is 0 Å². The van der Waals surface area contributed by atoms with Gasteiger partial charge < -0.3 is 10.1 Å². The van der Waals surface area contributed by atoms with Crippen molar-refractivity contribution in [1.82, 2.24) is 0 Å². The van der Waals surface area contributed by atoms with Crippen molar-refractivity contribution in [2.75, 3.05) is 11.9 Å². The summed E-state index contributed by atoms with van der Waals surface area (Å²) >= 11 is 0. The predicted octanol–water partition coefficient (Wildman–Crippen LogP) is 3.11. The van der Waals surface area contributed by atoms with Gasteiger partial charge in [0, 0.05) is 5.41 Å². The molecule has 0 aromatic heterocycles. The molecule has 1 aliphatic carbocycles. The summed E-state index contributed by atoms with van der Waals surface area (Å²) in [5.74, 6) is 0.581. The largest absolute Gasteiger partial charge is 0.477 e. The van der Waals surface area contributed by atoms with Crippen LogP contribution in [0, 0.1) is 16.7 Å². The van der Waals surface area contributed by atoms with Crippen LogP contribution in [-0.2, 0) is 4.79 Å². The fourth-order valence-electron chi connectivity index (χ4n) is 2.46. The van der Waals surface area contributed by atoms with Gasteiger partial charge in [-0.05, 0) is 25.0 Å². The normalized spacial score (nSPS) is 16.6. The molecule has 2 rings (SSSR count). The zero-order chi connectivity index (χ0) is 13.7. The molecule has 100 valence electrons. The van der Waals surface area contributed by atoms with E-state index in [4.69, 9.17) is 10.00 Å². The highest BCUT2D eigenvalue weighted by Crippen LogP contribution is 2.39. The summed E-state index contributed by atoms with van der Waals surface area (Å²) in [4.78, 5) is 12.3. The number of nitrogens with one attached hydrogen (secondary N) is 1. The van der Waals surface area contributed by atoms with Crippen LogP contribution >= 0.6 is 0 Å². The summed E-state index contributed by atoms with van der Waals surface area (Å²) in [6.07, 6.45) is 4.08. The van der Waals surface area contributed by atoms with Crippen LogP contribution in [0.15, 0.2) is 24.3 Å². The number of rotatable bonds is 4. The highest BCUT2D eigenvalue weighted by atomic mass is 16.5. The number of hydrogen-bond donors (Lipinski definition) is 1. The van der Waals surface area contributed by atoms with Crippen molar-refractivity contribution in [2.45, 2.75) is 32.6 Å². The van der Waals surface area contributed by atoms with E-state index in [9.17, 15) is 4.79 Å². The van der Waals surface area contributed by atoms with Crippen molar-refractivity contribution in [3.8, 4) is 11.8 Å². The van der Waals surface area contributed by atoms with Gasteiger partial charge in [-0.1, -0.05) is 31.9 Å². The number of benzene rings is 1. The molecule has 0 radical (unpaired) electrons. The van der Waals surface area contributed by atoms with E-state index in [0.717, 1.165) is 25.7 Å². The van der Waals surface area contributed by atoms with Crippen LogP contribution in [0.4, 0.5) is 5.69 Å². The molecule has 0 atom stereocenters. The summed E-state index contributed by atoms with van der Waals surface area (Å²) in [5.41, 5.74) is 0.360. The first-order valence-electron chi connectivity index (χ1n) is 6.56. The molecule has 0 saturated heterocycles. The van der Waals surface area contributed by atoms with Crippen LogP contribution in [0.25, 0.3) is 0 Å². The Kier molecular flexibility index (Phi) is 4.06. The van der Waals surface area contributed by atoms with E-state index in [-0.39, 0.29) is 17.9 Å². The smallest absolute Gasteiger partial charge is 0.230 e. The number of nitrogens with zero attached hydrogens (tertiary/aromatic N) is 1. The van der Waals surface area contributed by atoms with Gasteiger partial charge in [0.2, 0.25) is 5.91 Å². The molecule has 1 aromatic carbocycles. The summed E-state index contributed by atoms with van der Waals surface area (Å²) in [7, 11) is 0. The Morgan fingerprint density at radius 2 is 2.11 bits per heavy atom. The van der Waals surface area contributed by atoms with Crippen molar-refractivity contribution >= 4 is 11.6 Å². The minimum Gasteiger partial charge on any atom is -0.477 e. The van der Waals surface area contributed by atoms with E-state index in [2.05, 4.69) is 5.32 Å². The molecule has 1 fully saturated rings. The second-order valence-electron chi connectivity index (χ2n) is 5.16. The number of anilines is 1. The molecular weight excluding hydrogens is 240 g/mol. The van der Waals surface area contributed by atoms with Gasteiger partial charge in [0.05, 0.1) is 5.69 Å². The lowest BCUT2D eigenvalue weighted by molar-refractivity contribution is -0.124. The van der Waals surface area contributed by atoms with Gasteiger partial charge in [-0.2, -0.15) is 5.26 Å². The molecule has 1 aromatic rings. The van der Waals surface area contributed by atoms with Gasteiger partial charge in [-0.15, -0.1) is 0 Å². The fraction of sp³-hybridized carbons (Fsp3) is 0.467. The Balaban J connectivity index is 2.10. The molecule has 4 heteroatoms. The monoisotopic (exact) mass is 258 g/mol. The maximum absolute atomic E-state index is 12.3. The molecule has 0 spiro atoms. The zero-order valence-corrected chi connectivity index (χ0v) is 11.1. The highest BCUT2D eigenvalue weighted by Gasteiger charge is 2.36. The molecule has 1 aliphatic rings. The number of para-hydroxylation sites is 2. The molecule has 0 bridgehead atoms. The van der Waals surface area contributed by atoms with E-state index >= 15 is 0 Å². The van der Waals surface area contributed by atoms with Crippen LogP contribution in [-0.4, -0.2) is 12.5 Å². The SMILES string of the molecule is CC1(C(=O)Nc2ccccc2OCC#N)CCCC1. The number of ether oxygens (including phenoxy) is 1. The third-order valence-electron chi connectivity index (χ3n) is 3.68. The lowest BCUT2D eigenvalue weighted by Gasteiger charge is -2.23. The van der Waals surface area contributed by atoms with Crippen molar-refractivity contribution < 1.29 is 9.53 Å². The van der Waals surface area contributed by atoms with Gasteiger partial charge in [0.15, 0.2) is 6.61 Å². The van der Waals surface area contributed by atoms with Crippen LogP contribution < -0.4 is 10.1 Å². The standard InChI is InChI=1S/C15H18N2O2/c1-15(8-4-5-9-15)14(18)17-12-6-2-3-7-13(12)19-11-10-16/h2-3,6-7H,4-5,8-9,11H2,1H3,(H,17,18). The summed E-state index contributed by atoms with van der Waals surface area (Å²) in [6.45, 7) is 1.98. The van der Waals surface area contributed by atoms with Crippen LogP contribution in [0.3, 0.4) is 0 Å². The quantitative estimate of drug-likeness (QED) is 0.902. The molecule has 1 N–H and O–H groups in total. The van der Waals surface area contributed by atoms with Crippen molar-refractivity contribution in [3.05, 3.63) is 24.3 Å². The fourth-order valence-corrected chi connectivity index (χ4v) is 2.46. The Labute approximate surface area is 113 Å². The van der Waals surface area contributed by atoms with Gasteiger partial charge in [-0.3, -0.25) is 4.79 Å². The second-order valence-corrected chi connectivity index (χ2v) is 5.16. The van der Waals surface area contributed by atoms with Crippen LogP contribution in [0.1, 0.15) is 32.6 Å². The lowest BCUT2D eigenvalue weighted by atomic mass is 9.88. The van der Waals surface area contributed by atoms with Crippen molar-refractivity contribution in [1.29, 1.82) is 5.26 Å². The Bertz CT molecular complexity index is 499. The summed E-state index contributed by atoms with van der Waals surface area (Å²) in [6, 6.07) is 9.13. The Hall–Kier alpha value is -2.02. The Morgan fingerprint density at radius 1 is 1.42 bits per heavy atom. The first kappa shape index (κ1) is 13.4. The molecule has 0 unspecified atom stereocenters. The summed E-state index contributed by atoms with van der Waals surface area (Å²) in [5, 5.41) is 11.5. The first-order valence-corrected chi connectivity index (χ1v) is 6.56. The van der Waals surface area contributed by atoms with E-state index in [0.29, 0.717) is 11.4 Å². The first-order chi connectivity index (χ1) is 9.15. The van der Waals surface area contributed by atoms with E-state index < -0.39 is 0 Å². The number of nitriles is 1. The van der Waals surface area contributed by atoms with Gasteiger partial charge in [0.25, 0.3) is 0 Å². The Morgan fingerprint density at radius 3 is 2.79 bits per heavy atom. The molecule has 19 heavy (non-hydrogen) atoms. The molecule has 0 heterocycles. The van der Waals surface area contributed by atoms with E-state index in [1.165, 1.54) is 0 Å². The molecular formula is C15H18N2O2. The maximum atomic E-state index is 12.3. The third kappa shape index (κ3) is 3.05. The topological polar surface area (TPSA) is 62.1 Å². The van der Waals surface area contributed by atoms with Gasteiger partial charge in [-0.25, -0.2) is 0 Å². The third-order valence-corrected chi connectivity index (χ3v) is 3.68. The average molecular weight is 258 g/mol. The number of hydrogen-bond acceptors (Lipinski definition) is 3. The minimum atomic E-state index is -0.275. The molecule has 1 saturated carbocycles. The zero-order valence-electron chi connectivity index (χ0n) is 11.1. The number of carbonyl (C=O) groups excluding carboxylic acids is 1. The van der Waals surface area contributed by atoms with E-state index in [1.54, 1.807) is 12.1 Å².